The lowest BCUT2D eigenvalue weighted by Gasteiger charge is -2.32. The second-order valence-corrected chi connectivity index (χ2v) is 12.0. The Bertz CT molecular complexity index is 1350. The molecule has 2 aromatic carbocycles. The molecule has 0 radical (unpaired) electrons. The highest BCUT2D eigenvalue weighted by Crippen LogP contribution is 2.44. The maximum atomic E-state index is 14.2. The zero-order valence-corrected chi connectivity index (χ0v) is 26.8. The number of carbonyl (C=O) groups excluding carboxylic acids is 2. The van der Waals surface area contributed by atoms with E-state index < -0.39 is 29.1 Å². The number of hydrogen-bond donors (Lipinski definition) is 2. The van der Waals surface area contributed by atoms with Crippen LogP contribution in [-0.4, -0.2) is 66.5 Å². The molecule has 0 spiro atoms. The summed E-state index contributed by atoms with van der Waals surface area (Å²) >= 11 is 0. The number of aliphatic imine (C=N–C) groups is 1. The van der Waals surface area contributed by atoms with E-state index in [9.17, 15) is 9.59 Å². The standard InChI is InChI=1S/C33H45N5O7/c1-23(2)42-20-8-18-35-31(41)33(17-16-28(40)45-32(3,4)5)29(27-11-7-6-10-25(27)22-36-38-34)44-30(37-33)24-12-14-26(15-13-24)43-21-9-19-39/h6-7,10-15,23,29,39H,8-9,16-22H2,1-5H3,(H,35,41)/t29-,33-/m1/s1. The fourth-order valence-electron chi connectivity index (χ4n) is 4.82. The summed E-state index contributed by atoms with van der Waals surface area (Å²) in [6.45, 7) is 10.5. The Kier molecular flexibility index (Phi) is 13.2. The number of benzene rings is 2. The number of azide groups is 1. The zero-order valence-electron chi connectivity index (χ0n) is 26.8. The number of nitrogens with one attached hydrogen (secondary N) is 1. The van der Waals surface area contributed by atoms with Crippen LogP contribution >= 0.6 is 0 Å². The third-order valence-electron chi connectivity index (χ3n) is 6.86. The lowest BCUT2D eigenvalue weighted by Crippen LogP contribution is -2.49. The first-order valence-corrected chi connectivity index (χ1v) is 15.3. The average Bonchev–Trinajstić information content (AvgIpc) is 3.39. The molecular weight excluding hydrogens is 578 g/mol. The van der Waals surface area contributed by atoms with E-state index in [0.717, 1.165) is 0 Å². The molecule has 2 atom stereocenters. The molecule has 1 aliphatic heterocycles. The molecule has 0 saturated heterocycles. The van der Waals surface area contributed by atoms with Gasteiger partial charge in [0.25, 0.3) is 5.91 Å². The van der Waals surface area contributed by atoms with Gasteiger partial charge < -0.3 is 29.4 Å². The summed E-state index contributed by atoms with van der Waals surface area (Å²) in [6.07, 6.45) is 0.135. The molecular formula is C33H45N5O7. The topological polar surface area (TPSA) is 164 Å². The van der Waals surface area contributed by atoms with Crippen molar-refractivity contribution in [2.24, 2.45) is 10.1 Å². The molecule has 3 rings (SSSR count). The fourth-order valence-corrected chi connectivity index (χ4v) is 4.82. The van der Waals surface area contributed by atoms with Crippen LogP contribution in [0.3, 0.4) is 0 Å². The van der Waals surface area contributed by atoms with E-state index in [4.69, 9.17) is 34.6 Å². The quantitative estimate of drug-likeness (QED) is 0.0765. The first-order valence-electron chi connectivity index (χ1n) is 15.3. The summed E-state index contributed by atoms with van der Waals surface area (Å²) in [6, 6.07) is 14.3. The van der Waals surface area contributed by atoms with Crippen molar-refractivity contribution in [3.05, 3.63) is 75.7 Å². The van der Waals surface area contributed by atoms with Crippen LogP contribution in [0.2, 0.25) is 0 Å². The van der Waals surface area contributed by atoms with E-state index in [1.165, 1.54) is 0 Å². The van der Waals surface area contributed by atoms with Crippen LogP contribution in [0.5, 0.6) is 5.75 Å². The molecule has 0 aromatic heterocycles. The van der Waals surface area contributed by atoms with E-state index >= 15 is 0 Å². The number of hydrogen-bond acceptors (Lipinski definition) is 9. The molecule has 0 aliphatic carbocycles. The molecule has 0 bridgehead atoms. The summed E-state index contributed by atoms with van der Waals surface area (Å²) in [4.78, 5) is 35.0. The number of nitrogens with zero attached hydrogens (tertiary/aromatic N) is 4. The Morgan fingerprint density at radius 2 is 1.87 bits per heavy atom. The first-order chi connectivity index (χ1) is 21.5. The van der Waals surface area contributed by atoms with Gasteiger partial charge in [0.2, 0.25) is 5.90 Å². The number of esters is 1. The van der Waals surface area contributed by atoms with Crippen molar-refractivity contribution in [3.63, 3.8) is 0 Å². The van der Waals surface area contributed by atoms with Gasteiger partial charge in [-0.25, -0.2) is 4.99 Å². The summed E-state index contributed by atoms with van der Waals surface area (Å²) in [5, 5.41) is 15.8. The van der Waals surface area contributed by atoms with Crippen molar-refractivity contribution in [1.29, 1.82) is 0 Å². The Hall–Kier alpha value is -4.12. The number of ether oxygens (including phenoxy) is 4. The minimum Gasteiger partial charge on any atom is -0.494 e. The SMILES string of the molecule is CC(C)OCCCNC(=O)[C@]1(CCC(=O)OC(C)(C)C)N=C(c2ccc(OCCCO)cc2)O[C@@H]1c1ccccc1CN=[N+]=[N-]. The maximum absolute atomic E-state index is 14.2. The van der Waals surface area contributed by atoms with Crippen LogP contribution in [0.15, 0.2) is 58.6 Å². The second kappa shape index (κ2) is 16.8. The largest absolute Gasteiger partial charge is 0.494 e. The molecule has 1 amide bonds. The van der Waals surface area contributed by atoms with Gasteiger partial charge in [0.05, 0.1) is 19.3 Å². The second-order valence-electron chi connectivity index (χ2n) is 12.0. The normalized spacial score (nSPS) is 17.7. The van der Waals surface area contributed by atoms with Gasteiger partial charge >= 0.3 is 5.97 Å². The lowest BCUT2D eigenvalue weighted by molar-refractivity contribution is -0.155. The van der Waals surface area contributed by atoms with Crippen LogP contribution in [-0.2, 0) is 30.3 Å². The third-order valence-corrected chi connectivity index (χ3v) is 6.86. The Morgan fingerprint density at radius 3 is 2.53 bits per heavy atom. The highest BCUT2D eigenvalue weighted by molar-refractivity contribution is 6.01. The van der Waals surface area contributed by atoms with E-state index in [1.54, 1.807) is 45.0 Å². The van der Waals surface area contributed by atoms with Crippen molar-refractivity contribution >= 4 is 17.8 Å². The maximum Gasteiger partial charge on any atom is 0.306 e. The van der Waals surface area contributed by atoms with E-state index in [-0.39, 0.29) is 38.0 Å². The van der Waals surface area contributed by atoms with Gasteiger partial charge in [-0.1, -0.05) is 29.4 Å². The molecule has 12 heteroatoms. The highest BCUT2D eigenvalue weighted by Gasteiger charge is 2.53. The van der Waals surface area contributed by atoms with E-state index in [0.29, 0.717) is 55.0 Å². The van der Waals surface area contributed by atoms with Crippen molar-refractivity contribution in [3.8, 4) is 5.75 Å². The number of aliphatic hydroxyl groups excluding tert-OH is 1. The summed E-state index contributed by atoms with van der Waals surface area (Å²) in [5.41, 5.74) is 8.68. The number of amides is 1. The monoisotopic (exact) mass is 623 g/mol. The van der Waals surface area contributed by atoms with Crippen LogP contribution in [0.4, 0.5) is 0 Å². The smallest absolute Gasteiger partial charge is 0.306 e. The molecule has 0 fully saturated rings. The van der Waals surface area contributed by atoms with Gasteiger partial charge in [0.15, 0.2) is 11.6 Å². The Balaban J connectivity index is 2.05. The van der Waals surface area contributed by atoms with Crippen molar-refractivity contribution in [2.45, 2.75) is 90.2 Å². The minimum atomic E-state index is -1.55. The first kappa shape index (κ1) is 35.4. The predicted molar refractivity (Wildman–Crippen MR) is 170 cm³/mol. The van der Waals surface area contributed by atoms with Crippen LogP contribution in [0.1, 0.15) is 83.1 Å². The summed E-state index contributed by atoms with van der Waals surface area (Å²) in [5.74, 6) is -0.0325. The van der Waals surface area contributed by atoms with Crippen molar-refractivity contribution in [2.75, 3.05) is 26.4 Å². The van der Waals surface area contributed by atoms with Crippen molar-refractivity contribution < 1.29 is 33.6 Å². The van der Waals surface area contributed by atoms with E-state index in [2.05, 4.69) is 15.3 Å². The molecule has 45 heavy (non-hydrogen) atoms. The molecule has 0 saturated carbocycles. The van der Waals surface area contributed by atoms with Crippen LogP contribution in [0.25, 0.3) is 10.4 Å². The summed E-state index contributed by atoms with van der Waals surface area (Å²) in [7, 11) is 0. The Labute approximate surface area is 264 Å². The van der Waals surface area contributed by atoms with Crippen LogP contribution < -0.4 is 10.1 Å². The van der Waals surface area contributed by atoms with Gasteiger partial charge in [0, 0.05) is 43.1 Å². The van der Waals surface area contributed by atoms with Crippen molar-refractivity contribution in [1.82, 2.24) is 5.32 Å². The Morgan fingerprint density at radius 1 is 1.13 bits per heavy atom. The molecule has 1 aliphatic rings. The predicted octanol–water partition coefficient (Wildman–Crippen LogP) is 5.57. The highest BCUT2D eigenvalue weighted by atomic mass is 16.6. The number of rotatable bonds is 17. The lowest BCUT2D eigenvalue weighted by atomic mass is 9.81. The minimum absolute atomic E-state index is 0.00259. The van der Waals surface area contributed by atoms with E-state index in [1.807, 2.05) is 38.1 Å². The van der Waals surface area contributed by atoms with Gasteiger partial charge in [-0.3, -0.25) is 9.59 Å². The number of carbonyl (C=O) groups is 2. The zero-order chi connectivity index (χ0) is 32.9. The third kappa shape index (κ3) is 10.5. The molecule has 2 aromatic rings. The molecule has 244 valence electrons. The van der Waals surface area contributed by atoms with Crippen LogP contribution in [0, 0.1) is 0 Å². The number of aliphatic hydroxyl groups is 1. The molecule has 1 heterocycles. The van der Waals surface area contributed by atoms with Gasteiger partial charge in [-0.15, -0.1) is 0 Å². The molecule has 12 nitrogen and oxygen atoms in total. The fraction of sp³-hybridized carbons (Fsp3) is 0.545. The van der Waals surface area contributed by atoms with Gasteiger partial charge in [-0.2, -0.15) is 0 Å². The average molecular weight is 624 g/mol. The molecule has 2 N–H and O–H groups in total. The van der Waals surface area contributed by atoms with Gasteiger partial charge in [0.1, 0.15) is 11.4 Å². The molecule has 0 unspecified atom stereocenters. The summed E-state index contributed by atoms with van der Waals surface area (Å²) < 4.78 is 23.4. The van der Waals surface area contributed by atoms with Gasteiger partial charge in [-0.05, 0) is 88.4 Å².